The van der Waals surface area contributed by atoms with Gasteiger partial charge in [-0.15, -0.1) is 0 Å². The van der Waals surface area contributed by atoms with Gasteiger partial charge in [0, 0.05) is 10.0 Å². The number of aryl methyl sites for hydroxylation is 1. The molecule has 0 amide bonds. The van der Waals surface area contributed by atoms with Gasteiger partial charge in [0.15, 0.2) is 5.69 Å². The normalized spacial score (nSPS) is 11.8. The maximum Gasteiger partial charge on any atom is 0.433 e. The van der Waals surface area contributed by atoms with Gasteiger partial charge < -0.3 is 0 Å². The van der Waals surface area contributed by atoms with Gasteiger partial charge in [-0.05, 0) is 30.7 Å². The van der Waals surface area contributed by atoms with E-state index in [0.717, 1.165) is 9.15 Å². The van der Waals surface area contributed by atoms with Crippen molar-refractivity contribution in [3.8, 4) is 5.69 Å². The van der Waals surface area contributed by atoms with Crippen LogP contribution in [-0.4, -0.2) is 9.78 Å². The number of halogens is 4. The third kappa shape index (κ3) is 2.43. The topological polar surface area (TPSA) is 17.8 Å². The quantitative estimate of drug-likeness (QED) is 0.810. The molecule has 0 bridgehead atoms. The smallest absolute Gasteiger partial charge is 0.228 e. The molecule has 1 aromatic carbocycles. The minimum absolute atomic E-state index is 0.199. The molecule has 2 aromatic rings. The maximum absolute atomic E-state index is 13.0. The summed E-state index contributed by atoms with van der Waals surface area (Å²) in [4.78, 5) is 0. The Bertz CT molecular complexity index is 543. The lowest BCUT2D eigenvalue weighted by atomic mass is 10.2. The van der Waals surface area contributed by atoms with E-state index < -0.39 is 11.9 Å². The Hall–Kier alpha value is -1.30. The second kappa shape index (κ2) is 4.76. The van der Waals surface area contributed by atoms with E-state index in [2.05, 4.69) is 21.0 Å². The zero-order chi connectivity index (χ0) is 13.3. The number of aromatic nitrogens is 2. The van der Waals surface area contributed by atoms with E-state index in [4.69, 9.17) is 0 Å². The highest BCUT2D eigenvalue weighted by molar-refractivity contribution is 9.10. The van der Waals surface area contributed by atoms with Crippen molar-refractivity contribution in [3.63, 3.8) is 0 Å². The first-order chi connectivity index (χ1) is 8.43. The van der Waals surface area contributed by atoms with Crippen LogP contribution < -0.4 is 0 Å². The molecule has 0 N–H and O–H groups in total. The zero-order valence-corrected chi connectivity index (χ0v) is 11.1. The Balaban J connectivity index is 2.58. The molecule has 0 aliphatic heterocycles. The fourth-order valence-electron chi connectivity index (χ4n) is 1.72. The molecule has 1 heterocycles. The Morgan fingerprint density at radius 1 is 1.22 bits per heavy atom. The fraction of sp³-hybridized carbons (Fsp3) is 0.250. The number of alkyl halides is 3. The van der Waals surface area contributed by atoms with Crippen LogP contribution in [0.25, 0.3) is 5.69 Å². The summed E-state index contributed by atoms with van der Waals surface area (Å²) in [5.74, 6) is 0. The van der Waals surface area contributed by atoms with Gasteiger partial charge in [-0.1, -0.05) is 22.9 Å². The lowest BCUT2D eigenvalue weighted by molar-refractivity contribution is -0.143. The highest BCUT2D eigenvalue weighted by Crippen LogP contribution is 2.33. The largest absolute Gasteiger partial charge is 0.433 e. The van der Waals surface area contributed by atoms with Crippen molar-refractivity contribution < 1.29 is 13.2 Å². The zero-order valence-electron chi connectivity index (χ0n) is 9.50. The van der Waals surface area contributed by atoms with Crippen molar-refractivity contribution in [2.75, 3.05) is 0 Å². The molecule has 1 aromatic heterocycles. The first-order valence-electron chi connectivity index (χ1n) is 5.33. The van der Waals surface area contributed by atoms with Crippen molar-refractivity contribution in [3.05, 3.63) is 46.2 Å². The summed E-state index contributed by atoms with van der Waals surface area (Å²) in [6, 6.07) is 6.54. The van der Waals surface area contributed by atoms with E-state index in [-0.39, 0.29) is 5.56 Å². The third-order valence-electron chi connectivity index (χ3n) is 2.57. The van der Waals surface area contributed by atoms with Crippen LogP contribution in [0.5, 0.6) is 0 Å². The van der Waals surface area contributed by atoms with Crippen LogP contribution in [0.4, 0.5) is 13.2 Å². The van der Waals surface area contributed by atoms with Crippen LogP contribution in [-0.2, 0) is 12.6 Å². The minimum Gasteiger partial charge on any atom is -0.228 e. The molecule has 0 saturated heterocycles. The highest BCUT2D eigenvalue weighted by Gasteiger charge is 2.37. The average Bonchev–Trinajstić information content (AvgIpc) is 2.73. The number of nitrogens with zero attached hydrogens (tertiary/aromatic N) is 2. The predicted molar refractivity (Wildman–Crippen MR) is 65.6 cm³/mol. The molecule has 2 nitrogen and oxygen atoms in total. The molecule has 0 saturated carbocycles. The fourth-order valence-corrected chi connectivity index (χ4v) is 1.99. The van der Waals surface area contributed by atoms with Gasteiger partial charge in [-0.25, -0.2) is 4.68 Å². The first-order valence-corrected chi connectivity index (χ1v) is 6.13. The van der Waals surface area contributed by atoms with E-state index in [9.17, 15) is 13.2 Å². The summed E-state index contributed by atoms with van der Waals surface area (Å²) in [5, 5.41) is 3.83. The van der Waals surface area contributed by atoms with Gasteiger partial charge in [0.25, 0.3) is 0 Å². The molecule has 6 heteroatoms. The van der Waals surface area contributed by atoms with Gasteiger partial charge in [0.2, 0.25) is 0 Å². The molecule has 0 aliphatic rings. The van der Waals surface area contributed by atoms with Crippen LogP contribution in [0.2, 0.25) is 0 Å². The molecule has 96 valence electrons. The summed E-state index contributed by atoms with van der Waals surface area (Å²) in [5.41, 5.74) is -0.108. The molecule has 18 heavy (non-hydrogen) atoms. The van der Waals surface area contributed by atoms with Gasteiger partial charge in [-0.3, -0.25) is 0 Å². The number of hydrogen-bond acceptors (Lipinski definition) is 1. The van der Waals surface area contributed by atoms with Crippen molar-refractivity contribution in [1.29, 1.82) is 0 Å². The van der Waals surface area contributed by atoms with E-state index >= 15 is 0 Å². The van der Waals surface area contributed by atoms with E-state index in [0.29, 0.717) is 12.1 Å². The molecular formula is C12H10BrF3N2. The molecular weight excluding hydrogens is 309 g/mol. The van der Waals surface area contributed by atoms with Crippen LogP contribution in [0.1, 0.15) is 18.2 Å². The highest BCUT2D eigenvalue weighted by atomic mass is 79.9. The average molecular weight is 319 g/mol. The van der Waals surface area contributed by atoms with Crippen molar-refractivity contribution >= 4 is 15.9 Å². The minimum atomic E-state index is -4.41. The Morgan fingerprint density at radius 2 is 1.83 bits per heavy atom. The van der Waals surface area contributed by atoms with Crippen molar-refractivity contribution in [2.24, 2.45) is 0 Å². The summed E-state index contributed by atoms with van der Waals surface area (Å²) in [7, 11) is 0. The van der Waals surface area contributed by atoms with Crippen molar-refractivity contribution in [1.82, 2.24) is 9.78 Å². The van der Waals surface area contributed by atoms with E-state index in [1.165, 1.54) is 6.20 Å². The first kappa shape index (κ1) is 13.1. The standard InChI is InChI=1S/C12H10BrF3N2/c1-2-8-7-17-18(11(8)12(14,15)16)10-5-3-9(13)4-6-10/h3-7H,2H2,1H3. The number of hydrogen-bond donors (Lipinski definition) is 0. The van der Waals surface area contributed by atoms with Crippen molar-refractivity contribution in [2.45, 2.75) is 19.5 Å². The Labute approximate surface area is 111 Å². The van der Waals surface area contributed by atoms with Gasteiger partial charge >= 0.3 is 6.18 Å². The Morgan fingerprint density at radius 3 is 2.33 bits per heavy atom. The molecule has 0 atom stereocenters. The molecule has 0 aliphatic carbocycles. The number of benzene rings is 1. The monoisotopic (exact) mass is 318 g/mol. The van der Waals surface area contributed by atoms with E-state index in [1.807, 2.05) is 0 Å². The summed E-state index contributed by atoms with van der Waals surface area (Å²) < 4.78 is 40.8. The number of rotatable bonds is 2. The lowest BCUT2D eigenvalue weighted by Gasteiger charge is -2.12. The predicted octanol–water partition coefficient (Wildman–Crippen LogP) is 4.22. The van der Waals surface area contributed by atoms with Gasteiger partial charge in [0.05, 0.1) is 11.9 Å². The van der Waals surface area contributed by atoms with Crippen LogP contribution in [0.3, 0.4) is 0 Å². The van der Waals surface area contributed by atoms with Crippen LogP contribution in [0, 0.1) is 0 Å². The maximum atomic E-state index is 13.0. The van der Waals surface area contributed by atoms with Gasteiger partial charge in [-0.2, -0.15) is 18.3 Å². The second-order valence-electron chi connectivity index (χ2n) is 3.76. The van der Waals surface area contributed by atoms with Gasteiger partial charge in [0.1, 0.15) is 0 Å². The van der Waals surface area contributed by atoms with Crippen LogP contribution >= 0.6 is 15.9 Å². The molecule has 0 unspecified atom stereocenters. The molecule has 2 rings (SSSR count). The second-order valence-corrected chi connectivity index (χ2v) is 4.67. The summed E-state index contributed by atoms with van der Waals surface area (Å²) in [6.07, 6.45) is -2.84. The molecule has 0 radical (unpaired) electrons. The van der Waals surface area contributed by atoms with E-state index in [1.54, 1.807) is 31.2 Å². The molecule has 0 spiro atoms. The summed E-state index contributed by atoms with van der Waals surface area (Å²) in [6.45, 7) is 1.68. The Kier molecular flexibility index (Phi) is 3.47. The van der Waals surface area contributed by atoms with Crippen LogP contribution in [0.15, 0.2) is 34.9 Å². The SMILES string of the molecule is CCc1cnn(-c2ccc(Br)cc2)c1C(F)(F)F. The lowest BCUT2D eigenvalue weighted by Crippen LogP contribution is -2.15. The molecule has 0 fully saturated rings. The third-order valence-corrected chi connectivity index (χ3v) is 3.09. The summed E-state index contributed by atoms with van der Waals surface area (Å²) >= 11 is 3.24.